The highest BCUT2D eigenvalue weighted by atomic mass is 35.5. The first-order valence-electron chi connectivity index (χ1n) is 11.1. The van der Waals surface area contributed by atoms with Gasteiger partial charge in [-0.15, -0.1) is 0 Å². The Labute approximate surface area is 216 Å². The second-order valence-corrected chi connectivity index (χ2v) is 8.69. The molecular weight excluding hydrogens is 492 g/mol. The monoisotopic (exact) mass is 508 g/mol. The van der Waals surface area contributed by atoms with Crippen molar-refractivity contribution >= 4 is 28.7 Å². The van der Waals surface area contributed by atoms with Crippen LogP contribution in [0.15, 0.2) is 107 Å². The Morgan fingerprint density at radius 1 is 0.973 bits per heavy atom. The van der Waals surface area contributed by atoms with Crippen molar-refractivity contribution in [3.05, 3.63) is 128 Å². The van der Waals surface area contributed by atoms with Crippen molar-refractivity contribution in [2.24, 2.45) is 10.8 Å². The predicted octanol–water partition coefficient (Wildman–Crippen LogP) is 5.45. The maximum absolute atomic E-state index is 11.3. The van der Waals surface area contributed by atoms with Crippen LogP contribution in [0.5, 0.6) is 0 Å². The summed E-state index contributed by atoms with van der Waals surface area (Å²) in [5.74, 6) is -0.755. The van der Waals surface area contributed by atoms with E-state index in [1.165, 1.54) is 12.1 Å². The van der Waals surface area contributed by atoms with Gasteiger partial charge in [0.05, 0.1) is 16.5 Å². The van der Waals surface area contributed by atoms with Crippen LogP contribution >= 0.6 is 11.6 Å². The summed E-state index contributed by atoms with van der Waals surface area (Å²) in [5.41, 5.74) is 8.79. The number of hydrogen-bond donors (Lipinski definition) is 1. The van der Waals surface area contributed by atoms with Crippen molar-refractivity contribution in [2.45, 2.75) is 12.0 Å². The van der Waals surface area contributed by atoms with Gasteiger partial charge in [0.1, 0.15) is 23.8 Å². The molecule has 0 aromatic heterocycles. The van der Waals surface area contributed by atoms with Gasteiger partial charge in [0.2, 0.25) is 11.6 Å². The highest BCUT2D eigenvalue weighted by Crippen LogP contribution is 2.50. The number of nitriles is 2. The molecule has 2 aliphatic rings. The lowest BCUT2D eigenvalue weighted by Gasteiger charge is -2.41. The average Bonchev–Trinajstić information content (AvgIpc) is 2.92. The molecule has 180 valence electrons. The van der Waals surface area contributed by atoms with Crippen LogP contribution in [0.3, 0.4) is 0 Å². The number of halogens is 1. The zero-order valence-electron chi connectivity index (χ0n) is 19.1. The van der Waals surface area contributed by atoms with E-state index >= 15 is 0 Å². The number of nitro benzene ring substituents is 1. The predicted molar refractivity (Wildman–Crippen MR) is 137 cm³/mol. The van der Waals surface area contributed by atoms with E-state index in [1.807, 2.05) is 30.3 Å². The fourth-order valence-corrected chi connectivity index (χ4v) is 4.67. The van der Waals surface area contributed by atoms with E-state index in [9.17, 15) is 20.6 Å². The van der Waals surface area contributed by atoms with Crippen molar-refractivity contribution in [1.29, 1.82) is 10.5 Å². The van der Waals surface area contributed by atoms with Gasteiger partial charge in [-0.2, -0.15) is 15.6 Å². The molecule has 0 aliphatic carbocycles. The van der Waals surface area contributed by atoms with E-state index in [0.29, 0.717) is 21.8 Å². The van der Waals surface area contributed by atoms with E-state index in [0.717, 1.165) is 5.56 Å². The summed E-state index contributed by atoms with van der Waals surface area (Å²) in [7, 11) is 0. The van der Waals surface area contributed by atoms with E-state index < -0.39 is 16.9 Å². The molecule has 37 heavy (non-hydrogen) atoms. The van der Waals surface area contributed by atoms with Gasteiger partial charge in [0.15, 0.2) is 5.76 Å². The minimum Gasteiger partial charge on any atom is -0.437 e. The number of anilines is 1. The molecule has 0 saturated carbocycles. The highest BCUT2D eigenvalue weighted by Gasteiger charge is 2.44. The maximum Gasteiger partial charge on any atom is 0.269 e. The molecule has 0 saturated heterocycles. The largest absolute Gasteiger partial charge is 0.437 e. The SMILES string of the molecule is N#CC1=NN(c2ccc(Cl)cc2)C(c2ccccc2)C2=C1OC(N)=C(C#N)C2c1ccc([N+](=O)[O-])cc1. The lowest BCUT2D eigenvalue weighted by Crippen LogP contribution is -2.38. The van der Waals surface area contributed by atoms with Crippen LogP contribution in [0.25, 0.3) is 0 Å². The van der Waals surface area contributed by atoms with Crippen LogP contribution in [0, 0.1) is 32.8 Å². The quantitative estimate of drug-likeness (QED) is 0.364. The molecule has 3 aromatic carbocycles. The minimum atomic E-state index is -0.756. The maximum atomic E-state index is 11.3. The first kappa shape index (κ1) is 23.6. The van der Waals surface area contributed by atoms with Crippen LogP contribution in [0.4, 0.5) is 11.4 Å². The van der Waals surface area contributed by atoms with Crippen molar-refractivity contribution in [3.8, 4) is 12.1 Å². The topological polar surface area (TPSA) is 142 Å². The molecule has 0 spiro atoms. The molecule has 5 rings (SSSR count). The third-order valence-corrected chi connectivity index (χ3v) is 6.42. The van der Waals surface area contributed by atoms with Gasteiger partial charge in [-0.05, 0) is 35.4 Å². The van der Waals surface area contributed by atoms with Crippen LogP contribution in [-0.4, -0.2) is 10.6 Å². The lowest BCUT2D eigenvalue weighted by atomic mass is 9.76. The smallest absolute Gasteiger partial charge is 0.269 e. The second kappa shape index (κ2) is 9.50. The van der Waals surface area contributed by atoms with Gasteiger partial charge in [-0.25, -0.2) is 0 Å². The molecular formula is C27H17ClN6O3. The molecule has 2 unspecified atom stereocenters. The Morgan fingerprint density at radius 3 is 2.24 bits per heavy atom. The molecule has 10 heteroatoms. The third kappa shape index (κ3) is 4.14. The number of nitrogens with zero attached hydrogens (tertiary/aromatic N) is 5. The molecule has 2 N–H and O–H groups in total. The van der Waals surface area contributed by atoms with Gasteiger partial charge in [0.25, 0.3) is 5.69 Å². The molecule has 2 atom stereocenters. The lowest BCUT2D eigenvalue weighted by molar-refractivity contribution is -0.384. The van der Waals surface area contributed by atoms with Crippen LogP contribution < -0.4 is 10.7 Å². The Kier molecular flexibility index (Phi) is 6.06. The summed E-state index contributed by atoms with van der Waals surface area (Å²) >= 11 is 6.12. The number of allylic oxidation sites excluding steroid dienone is 2. The molecule has 3 aromatic rings. The molecule has 0 amide bonds. The fraction of sp³-hybridized carbons (Fsp3) is 0.0741. The summed E-state index contributed by atoms with van der Waals surface area (Å²) in [4.78, 5) is 10.8. The number of rotatable bonds is 4. The molecule has 0 bridgehead atoms. The Morgan fingerprint density at radius 2 is 1.65 bits per heavy atom. The van der Waals surface area contributed by atoms with E-state index in [4.69, 9.17) is 22.1 Å². The summed E-state index contributed by atoms with van der Waals surface area (Å²) in [6.45, 7) is 0. The molecule has 0 fully saturated rings. The summed E-state index contributed by atoms with van der Waals surface area (Å²) in [5, 5.41) is 38.2. The number of non-ortho nitro benzene ring substituents is 1. The number of hydrazone groups is 1. The van der Waals surface area contributed by atoms with Crippen molar-refractivity contribution in [3.63, 3.8) is 0 Å². The standard InChI is InChI=1S/C27H17ClN6O3/c28-18-8-12-19(13-9-18)33-25(17-4-2-1-3-5-17)24-23(16-6-10-20(11-7-16)34(35)36)21(14-29)27(31)37-26(24)22(15-30)32-33/h1-13,23,25H,31H2. The molecule has 2 heterocycles. The summed E-state index contributed by atoms with van der Waals surface area (Å²) in [6, 6.07) is 26.0. The second-order valence-electron chi connectivity index (χ2n) is 8.25. The van der Waals surface area contributed by atoms with Gasteiger partial charge in [-0.1, -0.05) is 54.1 Å². The number of benzene rings is 3. The Balaban J connectivity index is 1.78. The zero-order valence-corrected chi connectivity index (χ0v) is 19.8. The number of nitro groups is 1. The zero-order chi connectivity index (χ0) is 26.1. The number of nitrogens with two attached hydrogens (primary N) is 1. The van der Waals surface area contributed by atoms with Crippen molar-refractivity contribution in [2.75, 3.05) is 5.01 Å². The van der Waals surface area contributed by atoms with Gasteiger partial charge in [0, 0.05) is 22.7 Å². The molecule has 0 radical (unpaired) electrons. The molecule has 9 nitrogen and oxygen atoms in total. The first-order chi connectivity index (χ1) is 17.9. The normalized spacial score (nSPS) is 18.8. The Hall–Kier alpha value is -5.12. The molecule has 2 aliphatic heterocycles. The van der Waals surface area contributed by atoms with E-state index in [-0.39, 0.29) is 28.6 Å². The van der Waals surface area contributed by atoms with E-state index in [2.05, 4.69) is 17.2 Å². The van der Waals surface area contributed by atoms with Crippen LogP contribution in [0.1, 0.15) is 23.1 Å². The van der Waals surface area contributed by atoms with Gasteiger partial charge in [-0.3, -0.25) is 15.1 Å². The van der Waals surface area contributed by atoms with Gasteiger partial charge < -0.3 is 10.5 Å². The highest BCUT2D eigenvalue weighted by molar-refractivity contribution is 6.30. The van der Waals surface area contributed by atoms with Crippen LogP contribution in [0.2, 0.25) is 5.02 Å². The van der Waals surface area contributed by atoms with Gasteiger partial charge >= 0.3 is 0 Å². The fourth-order valence-electron chi connectivity index (χ4n) is 4.55. The van der Waals surface area contributed by atoms with Crippen LogP contribution in [-0.2, 0) is 4.74 Å². The first-order valence-corrected chi connectivity index (χ1v) is 11.5. The van der Waals surface area contributed by atoms with E-state index in [1.54, 1.807) is 41.4 Å². The van der Waals surface area contributed by atoms with Crippen molar-refractivity contribution in [1.82, 2.24) is 0 Å². The summed E-state index contributed by atoms with van der Waals surface area (Å²) < 4.78 is 5.87. The third-order valence-electron chi connectivity index (χ3n) is 6.17. The average molecular weight is 509 g/mol. The number of ether oxygens (including phenoxy) is 1. The Bertz CT molecular complexity index is 1570. The minimum absolute atomic E-state index is 0.0241. The van der Waals surface area contributed by atoms with Crippen molar-refractivity contribution < 1.29 is 9.66 Å². The summed E-state index contributed by atoms with van der Waals surface area (Å²) in [6.07, 6.45) is 0. The number of hydrogen-bond acceptors (Lipinski definition) is 8.